The number of hydrogen-bond acceptors (Lipinski definition) is 2. The molecular formula is C13H18N2O. The molecule has 1 aliphatic heterocycles. The Kier molecular flexibility index (Phi) is 3.25. The van der Waals surface area contributed by atoms with Gasteiger partial charge in [-0.1, -0.05) is 30.3 Å². The fourth-order valence-electron chi connectivity index (χ4n) is 2.11. The average molecular weight is 218 g/mol. The zero-order valence-electron chi connectivity index (χ0n) is 9.60. The highest BCUT2D eigenvalue weighted by molar-refractivity contribution is 5.78. The van der Waals surface area contributed by atoms with Crippen molar-refractivity contribution in [2.24, 2.45) is 11.7 Å². The number of nitrogens with two attached hydrogens (primary N) is 1. The Labute approximate surface area is 96.2 Å². The van der Waals surface area contributed by atoms with Gasteiger partial charge in [-0.2, -0.15) is 0 Å². The number of rotatable bonds is 3. The Balaban J connectivity index is 1.99. The van der Waals surface area contributed by atoms with Crippen LogP contribution in [-0.4, -0.2) is 23.4 Å². The molecule has 1 aliphatic rings. The van der Waals surface area contributed by atoms with Crippen molar-refractivity contribution in [3.05, 3.63) is 35.9 Å². The summed E-state index contributed by atoms with van der Waals surface area (Å²) in [6.45, 7) is 3.48. The number of carbonyl (C=O) groups excluding carboxylic acids is 1. The van der Waals surface area contributed by atoms with Gasteiger partial charge in [0.15, 0.2) is 0 Å². The third-order valence-electron chi connectivity index (χ3n) is 3.20. The molecule has 0 aliphatic carbocycles. The molecule has 0 radical (unpaired) electrons. The van der Waals surface area contributed by atoms with E-state index < -0.39 is 0 Å². The average Bonchev–Trinajstić information content (AvgIpc) is 2.62. The normalized spacial score (nSPS) is 22.5. The van der Waals surface area contributed by atoms with Crippen LogP contribution in [0, 0.1) is 5.92 Å². The van der Waals surface area contributed by atoms with Gasteiger partial charge in [0, 0.05) is 31.5 Å². The minimum absolute atomic E-state index is 0.102. The monoisotopic (exact) mass is 218 g/mol. The van der Waals surface area contributed by atoms with Gasteiger partial charge >= 0.3 is 0 Å². The molecule has 0 bridgehead atoms. The van der Waals surface area contributed by atoms with Crippen molar-refractivity contribution in [2.45, 2.75) is 25.9 Å². The molecule has 1 heterocycles. The molecule has 2 N–H and O–H groups in total. The van der Waals surface area contributed by atoms with Gasteiger partial charge in [-0.05, 0) is 12.5 Å². The van der Waals surface area contributed by atoms with E-state index in [4.69, 9.17) is 5.73 Å². The molecule has 16 heavy (non-hydrogen) atoms. The molecule has 2 unspecified atom stereocenters. The molecule has 0 saturated carbocycles. The molecule has 0 spiro atoms. The second-order valence-electron chi connectivity index (χ2n) is 4.58. The standard InChI is InChI=1S/C13H18N2O/c1-10(14)12-7-13(16)15(9-12)8-11-5-3-2-4-6-11/h2-6,10,12H,7-9,14H2,1H3. The molecule has 3 nitrogen and oxygen atoms in total. The molecule has 2 atom stereocenters. The summed E-state index contributed by atoms with van der Waals surface area (Å²) in [4.78, 5) is 13.7. The molecule has 1 aromatic rings. The van der Waals surface area contributed by atoms with Crippen molar-refractivity contribution in [3.63, 3.8) is 0 Å². The van der Waals surface area contributed by atoms with E-state index in [0.717, 1.165) is 6.54 Å². The lowest BCUT2D eigenvalue weighted by molar-refractivity contribution is -0.128. The van der Waals surface area contributed by atoms with Gasteiger partial charge in [0.25, 0.3) is 0 Å². The van der Waals surface area contributed by atoms with Crippen LogP contribution in [0.4, 0.5) is 0 Å². The predicted octanol–water partition coefficient (Wildman–Crippen LogP) is 1.38. The summed E-state index contributed by atoms with van der Waals surface area (Å²) in [6.07, 6.45) is 0.602. The van der Waals surface area contributed by atoms with E-state index in [2.05, 4.69) is 0 Å². The minimum atomic E-state index is 0.102. The zero-order chi connectivity index (χ0) is 11.5. The number of amides is 1. The van der Waals surface area contributed by atoms with Crippen molar-refractivity contribution in [3.8, 4) is 0 Å². The van der Waals surface area contributed by atoms with Crippen LogP contribution < -0.4 is 5.73 Å². The van der Waals surface area contributed by atoms with Gasteiger partial charge < -0.3 is 10.6 Å². The highest BCUT2D eigenvalue weighted by atomic mass is 16.2. The SMILES string of the molecule is CC(N)C1CC(=O)N(Cc2ccccc2)C1. The summed E-state index contributed by atoms with van der Waals surface area (Å²) in [5.74, 6) is 0.544. The van der Waals surface area contributed by atoms with E-state index in [9.17, 15) is 4.79 Å². The summed E-state index contributed by atoms with van der Waals surface area (Å²) < 4.78 is 0. The molecule has 1 aromatic carbocycles. The van der Waals surface area contributed by atoms with Crippen LogP contribution in [0.1, 0.15) is 18.9 Å². The van der Waals surface area contributed by atoms with Gasteiger partial charge in [0.1, 0.15) is 0 Å². The van der Waals surface area contributed by atoms with Crippen molar-refractivity contribution in [1.82, 2.24) is 4.90 Å². The van der Waals surface area contributed by atoms with Crippen molar-refractivity contribution in [2.75, 3.05) is 6.54 Å². The van der Waals surface area contributed by atoms with Crippen LogP contribution >= 0.6 is 0 Å². The third kappa shape index (κ3) is 2.42. The minimum Gasteiger partial charge on any atom is -0.338 e. The zero-order valence-corrected chi connectivity index (χ0v) is 9.60. The Bertz CT molecular complexity index is 361. The van der Waals surface area contributed by atoms with Gasteiger partial charge in [-0.15, -0.1) is 0 Å². The summed E-state index contributed by atoms with van der Waals surface area (Å²) in [5.41, 5.74) is 7.02. The Morgan fingerprint density at radius 2 is 2.12 bits per heavy atom. The Morgan fingerprint density at radius 1 is 1.44 bits per heavy atom. The van der Waals surface area contributed by atoms with Crippen LogP contribution in [0.3, 0.4) is 0 Å². The highest BCUT2D eigenvalue weighted by Gasteiger charge is 2.31. The second kappa shape index (κ2) is 4.66. The topological polar surface area (TPSA) is 46.3 Å². The van der Waals surface area contributed by atoms with Crippen molar-refractivity contribution in [1.29, 1.82) is 0 Å². The molecule has 3 heteroatoms. The Morgan fingerprint density at radius 3 is 2.69 bits per heavy atom. The number of benzene rings is 1. The first-order valence-electron chi connectivity index (χ1n) is 5.74. The van der Waals surface area contributed by atoms with Gasteiger partial charge in [0.05, 0.1) is 0 Å². The maximum Gasteiger partial charge on any atom is 0.223 e. The second-order valence-corrected chi connectivity index (χ2v) is 4.58. The molecular weight excluding hydrogens is 200 g/mol. The molecule has 2 rings (SSSR count). The fourth-order valence-corrected chi connectivity index (χ4v) is 2.11. The fraction of sp³-hybridized carbons (Fsp3) is 0.462. The molecule has 1 amide bonds. The maximum atomic E-state index is 11.8. The van der Waals surface area contributed by atoms with Gasteiger partial charge in [0.2, 0.25) is 5.91 Å². The number of hydrogen-bond donors (Lipinski definition) is 1. The van der Waals surface area contributed by atoms with Crippen LogP contribution in [0.5, 0.6) is 0 Å². The number of nitrogens with zero attached hydrogens (tertiary/aromatic N) is 1. The van der Waals surface area contributed by atoms with Gasteiger partial charge in [-0.25, -0.2) is 0 Å². The number of carbonyl (C=O) groups is 1. The first kappa shape index (κ1) is 11.1. The lowest BCUT2D eigenvalue weighted by Gasteiger charge is -2.18. The van der Waals surface area contributed by atoms with E-state index in [1.165, 1.54) is 5.56 Å². The highest BCUT2D eigenvalue weighted by Crippen LogP contribution is 2.21. The summed E-state index contributed by atoms with van der Waals surface area (Å²) >= 11 is 0. The summed E-state index contributed by atoms with van der Waals surface area (Å²) in [6, 6.07) is 10.2. The smallest absolute Gasteiger partial charge is 0.223 e. The van der Waals surface area contributed by atoms with Crippen molar-refractivity contribution >= 4 is 5.91 Å². The van der Waals surface area contributed by atoms with E-state index in [-0.39, 0.29) is 11.9 Å². The van der Waals surface area contributed by atoms with E-state index in [1.54, 1.807) is 0 Å². The number of likely N-dealkylation sites (tertiary alicyclic amines) is 1. The first-order chi connectivity index (χ1) is 7.66. The van der Waals surface area contributed by atoms with E-state index >= 15 is 0 Å². The molecule has 1 saturated heterocycles. The van der Waals surface area contributed by atoms with E-state index in [1.807, 2.05) is 42.2 Å². The molecule has 86 valence electrons. The predicted molar refractivity (Wildman–Crippen MR) is 63.6 cm³/mol. The first-order valence-corrected chi connectivity index (χ1v) is 5.74. The largest absolute Gasteiger partial charge is 0.338 e. The molecule has 1 fully saturated rings. The van der Waals surface area contributed by atoms with Crippen molar-refractivity contribution < 1.29 is 4.79 Å². The lowest BCUT2D eigenvalue weighted by Crippen LogP contribution is -2.30. The van der Waals surface area contributed by atoms with Gasteiger partial charge in [-0.3, -0.25) is 4.79 Å². The Hall–Kier alpha value is -1.35. The quantitative estimate of drug-likeness (QED) is 0.833. The van der Waals surface area contributed by atoms with Crippen LogP contribution in [-0.2, 0) is 11.3 Å². The summed E-state index contributed by atoms with van der Waals surface area (Å²) in [5, 5.41) is 0. The lowest BCUT2D eigenvalue weighted by atomic mass is 10.0. The maximum absolute atomic E-state index is 11.8. The molecule has 0 aromatic heterocycles. The van der Waals surface area contributed by atoms with Crippen LogP contribution in [0.15, 0.2) is 30.3 Å². The van der Waals surface area contributed by atoms with Crippen LogP contribution in [0.2, 0.25) is 0 Å². The van der Waals surface area contributed by atoms with Crippen LogP contribution in [0.25, 0.3) is 0 Å². The van der Waals surface area contributed by atoms with E-state index in [0.29, 0.717) is 18.9 Å². The third-order valence-corrected chi connectivity index (χ3v) is 3.20. The summed E-state index contributed by atoms with van der Waals surface area (Å²) in [7, 11) is 0.